The molecule has 15 heavy (non-hydrogen) atoms. The Morgan fingerprint density at radius 2 is 2.20 bits per heavy atom. The third kappa shape index (κ3) is 1.96. The first-order valence-electron chi connectivity index (χ1n) is 6.00. The van der Waals surface area contributed by atoms with Crippen LogP contribution in [-0.4, -0.2) is 16.5 Å². The van der Waals surface area contributed by atoms with E-state index in [9.17, 15) is 0 Å². The molecular weight excluding hydrogens is 186 g/mol. The van der Waals surface area contributed by atoms with E-state index in [4.69, 9.17) is 0 Å². The number of nitrogens with zero attached hydrogens (tertiary/aromatic N) is 2. The van der Waals surface area contributed by atoms with Crippen molar-refractivity contribution in [1.82, 2.24) is 9.97 Å². The van der Waals surface area contributed by atoms with Gasteiger partial charge in [-0.1, -0.05) is 12.8 Å². The summed E-state index contributed by atoms with van der Waals surface area (Å²) < 4.78 is 0. The predicted molar refractivity (Wildman–Crippen MR) is 59.9 cm³/mol. The number of fused-ring (bicyclic) bond motifs is 1. The molecule has 3 nitrogen and oxygen atoms in total. The van der Waals surface area contributed by atoms with Crippen molar-refractivity contribution >= 4 is 5.82 Å². The van der Waals surface area contributed by atoms with Gasteiger partial charge in [0.05, 0.1) is 0 Å². The highest BCUT2D eigenvalue weighted by Gasteiger charge is 2.21. The summed E-state index contributed by atoms with van der Waals surface area (Å²) in [5.74, 6) is 2.09. The van der Waals surface area contributed by atoms with Crippen molar-refractivity contribution in [3.05, 3.63) is 17.6 Å². The molecule has 1 saturated carbocycles. The molecule has 3 heteroatoms. The van der Waals surface area contributed by atoms with Gasteiger partial charge in [0.15, 0.2) is 0 Å². The van der Waals surface area contributed by atoms with Gasteiger partial charge in [0, 0.05) is 17.8 Å². The van der Waals surface area contributed by atoms with E-state index >= 15 is 0 Å². The Labute approximate surface area is 90.3 Å². The number of hydrogen-bond donors (Lipinski definition) is 1. The Bertz CT molecular complexity index is 358. The fraction of sp³-hybridized carbons (Fsp3) is 0.667. The quantitative estimate of drug-likeness (QED) is 0.815. The van der Waals surface area contributed by atoms with Gasteiger partial charge in [0.25, 0.3) is 0 Å². The number of nitrogens with one attached hydrogen (secondary N) is 1. The van der Waals surface area contributed by atoms with Crippen LogP contribution in [0.25, 0.3) is 0 Å². The van der Waals surface area contributed by atoms with Gasteiger partial charge in [0.2, 0.25) is 0 Å². The molecule has 1 heterocycles. The molecule has 80 valence electrons. The van der Waals surface area contributed by atoms with E-state index in [1.165, 1.54) is 36.9 Å². The van der Waals surface area contributed by atoms with E-state index in [0.717, 1.165) is 31.1 Å². The third-order valence-corrected chi connectivity index (χ3v) is 3.42. The highest BCUT2D eigenvalue weighted by atomic mass is 15.0. The van der Waals surface area contributed by atoms with Crippen molar-refractivity contribution in [3.8, 4) is 0 Å². The van der Waals surface area contributed by atoms with Crippen molar-refractivity contribution in [3.63, 3.8) is 0 Å². The van der Waals surface area contributed by atoms with Gasteiger partial charge in [0.1, 0.15) is 12.1 Å². The summed E-state index contributed by atoms with van der Waals surface area (Å²) in [5.41, 5.74) is 2.63. The number of aromatic nitrogens is 2. The van der Waals surface area contributed by atoms with Crippen LogP contribution in [0.1, 0.15) is 36.9 Å². The molecule has 0 aromatic carbocycles. The van der Waals surface area contributed by atoms with Crippen LogP contribution >= 0.6 is 0 Å². The van der Waals surface area contributed by atoms with Crippen LogP contribution in [0.15, 0.2) is 6.33 Å². The predicted octanol–water partition coefficient (Wildman–Crippen LogP) is 2.18. The van der Waals surface area contributed by atoms with Crippen molar-refractivity contribution in [1.29, 1.82) is 0 Å². The second-order valence-electron chi connectivity index (χ2n) is 4.66. The Kier molecular flexibility index (Phi) is 2.31. The Morgan fingerprint density at radius 3 is 3.07 bits per heavy atom. The van der Waals surface area contributed by atoms with Gasteiger partial charge in [-0.15, -0.1) is 0 Å². The van der Waals surface area contributed by atoms with Gasteiger partial charge in [-0.2, -0.15) is 0 Å². The number of hydrogen-bond acceptors (Lipinski definition) is 3. The second kappa shape index (κ2) is 3.80. The van der Waals surface area contributed by atoms with Crippen molar-refractivity contribution < 1.29 is 0 Å². The lowest BCUT2D eigenvalue weighted by Crippen LogP contribution is -2.07. The standard InChI is InChI=1S/C12H17N3/c1-2-10-11(3-1)14-8-15-12(10)13-7-6-9-4-5-9/h8-9H,1-7H2,(H,13,14,15). The van der Waals surface area contributed by atoms with E-state index in [1.807, 2.05) is 0 Å². The van der Waals surface area contributed by atoms with E-state index in [2.05, 4.69) is 15.3 Å². The monoisotopic (exact) mass is 203 g/mol. The molecule has 1 aromatic heterocycles. The molecule has 0 bridgehead atoms. The van der Waals surface area contributed by atoms with E-state index in [1.54, 1.807) is 6.33 Å². The zero-order valence-corrected chi connectivity index (χ0v) is 9.00. The molecule has 2 aliphatic rings. The first kappa shape index (κ1) is 9.13. The number of anilines is 1. The summed E-state index contributed by atoms with van der Waals surface area (Å²) in [7, 11) is 0. The summed E-state index contributed by atoms with van der Waals surface area (Å²) in [6, 6.07) is 0. The molecule has 3 rings (SSSR count). The maximum atomic E-state index is 4.35. The maximum absolute atomic E-state index is 4.35. The van der Waals surface area contributed by atoms with Crippen LogP contribution in [0.3, 0.4) is 0 Å². The zero-order chi connectivity index (χ0) is 10.1. The average Bonchev–Trinajstić information content (AvgIpc) is 2.95. The minimum absolute atomic E-state index is 0.993. The van der Waals surface area contributed by atoms with Gasteiger partial charge in [-0.05, 0) is 31.6 Å². The van der Waals surface area contributed by atoms with Crippen LogP contribution in [0, 0.1) is 5.92 Å². The van der Waals surface area contributed by atoms with Crippen molar-refractivity contribution in [2.45, 2.75) is 38.5 Å². The Morgan fingerprint density at radius 1 is 1.27 bits per heavy atom. The van der Waals surface area contributed by atoms with Gasteiger partial charge < -0.3 is 5.32 Å². The Hall–Kier alpha value is -1.12. The zero-order valence-electron chi connectivity index (χ0n) is 9.00. The molecule has 2 aliphatic carbocycles. The van der Waals surface area contributed by atoms with Crippen LogP contribution in [-0.2, 0) is 12.8 Å². The van der Waals surface area contributed by atoms with Gasteiger partial charge >= 0.3 is 0 Å². The molecule has 1 fully saturated rings. The summed E-state index contributed by atoms with van der Waals surface area (Å²) in [6.45, 7) is 1.08. The summed E-state index contributed by atoms with van der Waals surface area (Å²) in [4.78, 5) is 8.67. The molecule has 0 radical (unpaired) electrons. The number of aryl methyl sites for hydroxylation is 1. The summed E-state index contributed by atoms with van der Waals surface area (Å²) >= 11 is 0. The highest BCUT2D eigenvalue weighted by Crippen LogP contribution is 2.32. The lowest BCUT2D eigenvalue weighted by Gasteiger charge is -2.08. The van der Waals surface area contributed by atoms with Gasteiger partial charge in [-0.25, -0.2) is 9.97 Å². The van der Waals surface area contributed by atoms with Crippen LogP contribution in [0.2, 0.25) is 0 Å². The topological polar surface area (TPSA) is 37.8 Å². The van der Waals surface area contributed by atoms with Crippen LogP contribution in [0.5, 0.6) is 0 Å². The molecule has 1 N–H and O–H groups in total. The van der Waals surface area contributed by atoms with E-state index < -0.39 is 0 Å². The maximum Gasteiger partial charge on any atom is 0.132 e. The molecule has 0 saturated heterocycles. The SMILES string of the molecule is c1nc2c(c(NCCC3CC3)n1)CCC2. The first-order valence-corrected chi connectivity index (χ1v) is 6.00. The highest BCUT2D eigenvalue weighted by molar-refractivity contribution is 5.47. The fourth-order valence-electron chi connectivity index (χ4n) is 2.31. The summed E-state index contributed by atoms with van der Waals surface area (Å²) in [6.07, 6.45) is 9.40. The molecule has 0 spiro atoms. The van der Waals surface area contributed by atoms with E-state index in [0.29, 0.717) is 0 Å². The lowest BCUT2D eigenvalue weighted by atomic mass is 10.2. The summed E-state index contributed by atoms with van der Waals surface area (Å²) in [5, 5.41) is 3.47. The molecule has 1 aromatic rings. The third-order valence-electron chi connectivity index (χ3n) is 3.42. The van der Waals surface area contributed by atoms with E-state index in [-0.39, 0.29) is 0 Å². The lowest BCUT2D eigenvalue weighted by molar-refractivity contribution is 0.757. The first-order chi connectivity index (χ1) is 7.43. The minimum Gasteiger partial charge on any atom is -0.370 e. The van der Waals surface area contributed by atoms with Crippen molar-refractivity contribution in [2.24, 2.45) is 5.92 Å². The smallest absolute Gasteiger partial charge is 0.132 e. The van der Waals surface area contributed by atoms with Crippen LogP contribution < -0.4 is 5.32 Å². The fourth-order valence-corrected chi connectivity index (χ4v) is 2.31. The Balaban J connectivity index is 1.65. The molecule has 0 unspecified atom stereocenters. The molecule has 0 aliphatic heterocycles. The largest absolute Gasteiger partial charge is 0.370 e. The average molecular weight is 203 g/mol. The van der Waals surface area contributed by atoms with Gasteiger partial charge in [-0.3, -0.25) is 0 Å². The minimum atomic E-state index is 0.993. The number of rotatable bonds is 4. The van der Waals surface area contributed by atoms with Crippen LogP contribution in [0.4, 0.5) is 5.82 Å². The molecule has 0 amide bonds. The molecule has 0 atom stereocenters. The van der Waals surface area contributed by atoms with Crippen molar-refractivity contribution in [2.75, 3.05) is 11.9 Å². The second-order valence-corrected chi connectivity index (χ2v) is 4.66. The normalized spacial score (nSPS) is 18.9. The molecular formula is C12H17N3.